The van der Waals surface area contributed by atoms with E-state index in [4.69, 9.17) is 9.47 Å². The molecule has 24 heavy (non-hydrogen) atoms. The summed E-state index contributed by atoms with van der Waals surface area (Å²) >= 11 is 0. The number of carbonyl (C=O) groups excluding carboxylic acids is 1. The number of aromatic nitrogens is 3. The van der Waals surface area contributed by atoms with Crippen molar-refractivity contribution < 1.29 is 14.3 Å². The molecular formula is C17H16N4O3. The molecule has 0 unspecified atom stereocenters. The molecule has 2 aromatic heterocycles. The summed E-state index contributed by atoms with van der Waals surface area (Å²) in [5.74, 6) is 1.20. The summed E-state index contributed by atoms with van der Waals surface area (Å²) in [7, 11) is 3.07. The minimum absolute atomic E-state index is 0.288. The molecule has 1 aromatic carbocycles. The van der Waals surface area contributed by atoms with Crippen molar-refractivity contribution >= 4 is 11.7 Å². The Bertz CT molecular complexity index is 846. The highest BCUT2D eigenvalue weighted by Gasteiger charge is 2.12. The average Bonchev–Trinajstić information content (AvgIpc) is 3.10. The molecule has 0 aliphatic rings. The molecule has 7 nitrogen and oxygen atoms in total. The van der Waals surface area contributed by atoms with Crippen molar-refractivity contribution in [1.82, 2.24) is 15.2 Å². The van der Waals surface area contributed by atoms with E-state index < -0.39 is 0 Å². The number of benzene rings is 1. The van der Waals surface area contributed by atoms with Crippen LogP contribution in [0, 0.1) is 0 Å². The molecule has 0 bridgehead atoms. The first-order valence-electron chi connectivity index (χ1n) is 7.20. The third-order valence-corrected chi connectivity index (χ3v) is 3.46. The number of aromatic amines is 1. The first kappa shape index (κ1) is 15.5. The second kappa shape index (κ2) is 6.82. The number of nitrogens with one attached hydrogen (secondary N) is 2. The van der Waals surface area contributed by atoms with Gasteiger partial charge in [-0.2, -0.15) is 5.10 Å². The highest BCUT2D eigenvalue weighted by atomic mass is 16.5. The topological polar surface area (TPSA) is 89.1 Å². The average molecular weight is 324 g/mol. The molecule has 0 saturated carbocycles. The lowest BCUT2D eigenvalue weighted by atomic mass is 10.2. The van der Waals surface area contributed by atoms with Gasteiger partial charge in [-0.3, -0.25) is 14.9 Å². The van der Waals surface area contributed by atoms with Crippen LogP contribution in [0.5, 0.6) is 11.5 Å². The van der Waals surface area contributed by atoms with E-state index in [9.17, 15) is 4.79 Å². The summed E-state index contributed by atoms with van der Waals surface area (Å²) in [6.45, 7) is 0. The number of carbonyl (C=O) groups is 1. The van der Waals surface area contributed by atoms with E-state index in [1.54, 1.807) is 43.8 Å². The zero-order chi connectivity index (χ0) is 16.9. The van der Waals surface area contributed by atoms with Crippen molar-refractivity contribution in [2.75, 3.05) is 19.5 Å². The largest absolute Gasteiger partial charge is 0.493 e. The maximum absolute atomic E-state index is 12.4. The third-order valence-electron chi connectivity index (χ3n) is 3.46. The second-order valence-electron chi connectivity index (χ2n) is 4.93. The highest BCUT2D eigenvalue weighted by molar-refractivity contribution is 6.04. The first-order valence-corrected chi connectivity index (χ1v) is 7.20. The first-order chi connectivity index (χ1) is 11.7. The summed E-state index contributed by atoms with van der Waals surface area (Å²) < 4.78 is 10.4. The molecule has 0 spiro atoms. The maximum Gasteiger partial charge on any atom is 0.257 e. The number of anilines is 1. The van der Waals surface area contributed by atoms with Crippen LogP contribution in [0.1, 0.15) is 10.4 Å². The monoisotopic (exact) mass is 324 g/mol. The van der Waals surface area contributed by atoms with Gasteiger partial charge >= 0.3 is 0 Å². The number of hydrogen-bond donors (Lipinski definition) is 2. The number of hydrogen-bond acceptors (Lipinski definition) is 5. The Hall–Kier alpha value is -3.35. The second-order valence-corrected chi connectivity index (χ2v) is 4.93. The lowest BCUT2D eigenvalue weighted by molar-refractivity contribution is 0.102. The van der Waals surface area contributed by atoms with Crippen molar-refractivity contribution in [2.24, 2.45) is 0 Å². The van der Waals surface area contributed by atoms with Gasteiger partial charge in [0.05, 0.1) is 19.9 Å². The highest BCUT2D eigenvalue weighted by Crippen LogP contribution is 2.28. The van der Waals surface area contributed by atoms with Crippen molar-refractivity contribution in [1.29, 1.82) is 0 Å². The summed E-state index contributed by atoms with van der Waals surface area (Å²) in [6.07, 6.45) is 3.39. The number of pyridine rings is 1. The van der Waals surface area contributed by atoms with Crippen LogP contribution in [0.4, 0.5) is 5.82 Å². The lowest BCUT2D eigenvalue weighted by Gasteiger charge is -2.09. The summed E-state index contributed by atoms with van der Waals surface area (Å²) in [5, 5.41) is 9.73. The summed E-state index contributed by atoms with van der Waals surface area (Å²) in [6, 6.07) is 10.4. The van der Waals surface area contributed by atoms with Crippen molar-refractivity contribution in [3.05, 3.63) is 54.4 Å². The van der Waals surface area contributed by atoms with Crippen LogP contribution in [-0.4, -0.2) is 35.3 Å². The SMILES string of the molecule is COc1ccc(C(=O)Nc2cc(-c3ccncc3)[nH]n2)cc1OC. The molecule has 0 aliphatic carbocycles. The van der Waals surface area contributed by atoms with Crippen molar-refractivity contribution in [3.8, 4) is 22.8 Å². The van der Waals surface area contributed by atoms with Gasteiger partial charge in [0.15, 0.2) is 17.3 Å². The fourth-order valence-corrected chi connectivity index (χ4v) is 2.23. The predicted molar refractivity (Wildman–Crippen MR) is 89.3 cm³/mol. The molecule has 7 heteroatoms. The fraction of sp³-hybridized carbons (Fsp3) is 0.118. The van der Waals surface area contributed by atoms with Crippen molar-refractivity contribution in [3.63, 3.8) is 0 Å². The number of methoxy groups -OCH3 is 2. The van der Waals surface area contributed by atoms with E-state index in [1.807, 2.05) is 12.1 Å². The Kier molecular flexibility index (Phi) is 4.42. The minimum atomic E-state index is -0.288. The molecule has 0 saturated heterocycles. The molecule has 3 aromatic rings. The number of nitrogens with zero attached hydrogens (tertiary/aromatic N) is 2. The van der Waals surface area contributed by atoms with E-state index in [1.165, 1.54) is 7.11 Å². The van der Waals surface area contributed by atoms with Gasteiger partial charge in [0.2, 0.25) is 0 Å². The molecule has 1 amide bonds. The van der Waals surface area contributed by atoms with Gasteiger partial charge in [0.25, 0.3) is 5.91 Å². The zero-order valence-corrected chi connectivity index (χ0v) is 13.2. The van der Waals surface area contributed by atoms with Gasteiger partial charge in [0.1, 0.15) is 0 Å². The van der Waals surface area contributed by atoms with Gasteiger partial charge in [-0.25, -0.2) is 0 Å². The normalized spacial score (nSPS) is 10.2. The lowest BCUT2D eigenvalue weighted by Crippen LogP contribution is -2.12. The van der Waals surface area contributed by atoms with Crippen LogP contribution < -0.4 is 14.8 Å². The molecule has 0 fully saturated rings. The van der Waals surface area contributed by atoms with E-state index in [0.717, 1.165) is 11.3 Å². The maximum atomic E-state index is 12.4. The van der Waals surface area contributed by atoms with Gasteiger partial charge in [-0.15, -0.1) is 0 Å². The summed E-state index contributed by atoms with van der Waals surface area (Å²) in [4.78, 5) is 16.3. The molecule has 0 aliphatic heterocycles. The Labute approximate surface area is 138 Å². The predicted octanol–water partition coefficient (Wildman–Crippen LogP) is 2.74. The van der Waals surface area contributed by atoms with Crippen LogP contribution in [-0.2, 0) is 0 Å². The quantitative estimate of drug-likeness (QED) is 0.753. The zero-order valence-electron chi connectivity index (χ0n) is 13.2. The Morgan fingerprint density at radius 3 is 2.50 bits per heavy atom. The minimum Gasteiger partial charge on any atom is -0.493 e. The molecular weight excluding hydrogens is 308 g/mol. The Morgan fingerprint density at radius 2 is 1.79 bits per heavy atom. The molecule has 122 valence electrons. The van der Waals surface area contributed by atoms with Crippen LogP contribution in [0.15, 0.2) is 48.8 Å². The van der Waals surface area contributed by atoms with E-state index >= 15 is 0 Å². The summed E-state index contributed by atoms with van der Waals surface area (Å²) in [5.41, 5.74) is 2.17. The van der Waals surface area contributed by atoms with Gasteiger partial charge < -0.3 is 14.8 Å². The van der Waals surface area contributed by atoms with Crippen molar-refractivity contribution in [2.45, 2.75) is 0 Å². The number of rotatable bonds is 5. The third kappa shape index (κ3) is 3.19. The van der Waals surface area contributed by atoms with Crippen LogP contribution in [0.25, 0.3) is 11.3 Å². The fourth-order valence-electron chi connectivity index (χ4n) is 2.23. The van der Waals surface area contributed by atoms with E-state index in [0.29, 0.717) is 22.9 Å². The Balaban J connectivity index is 1.77. The molecule has 0 atom stereocenters. The van der Waals surface area contributed by atoms with Crippen LogP contribution >= 0.6 is 0 Å². The van der Waals surface area contributed by atoms with E-state index in [2.05, 4.69) is 20.5 Å². The molecule has 3 rings (SSSR count). The van der Waals surface area contributed by atoms with Gasteiger partial charge in [-0.05, 0) is 30.3 Å². The molecule has 0 radical (unpaired) electrons. The number of ether oxygens (including phenoxy) is 2. The van der Waals surface area contributed by atoms with Gasteiger partial charge in [0, 0.05) is 29.6 Å². The van der Waals surface area contributed by atoms with E-state index in [-0.39, 0.29) is 5.91 Å². The standard InChI is InChI=1S/C17H16N4O3/c1-23-14-4-3-12(9-15(14)24-2)17(22)19-16-10-13(20-21-16)11-5-7-18-8-6-11/h3-10H,1-2H3,(H2,19,20,21,22). The molecule has 2 heterocycles. The number of H-pyrrole nitrogens is 1. The van der Waals surface area contributed by atoms with Crippen LogP contribution in [0.2, 0.25) is 0 Å². The van der Waals surface area contributed by atoms with Gasteiger partial charge in [-0.1, -0.05) is 0 Å². The van der Waals surface area contributed by atoms with Crippen LogP contribution in [0.3, 0.4) is 0 Å². The molecule has 2 N–H and O–H groups in total. The number of amides is 1. The smallest absolute Gasteiger partial charge is 0.257 e. The Morgan fingerprint density at radius 1 is 1.04 bits per heavy atom.